The van der Waals surface area contributed by atoms with E-state index in [0.29, 0.717) is 17.5 Å². The van der Waals surface area contributed by atoms with Gasteiger partial charge in [-0.15, -0.1) is 0 Å². The minimum atomic E-state index is -0.671. The lowest BCUT2D eigenvalue weighted by molar-refractivity contribution is -0.117. The first-order valence-electron chi connectivity index (χ1n) is 8.60. The van der Waals surface area contributed by atoms with E-state index in [-0.39, 0.29) is 5.91 Å². The molecule has 1 fully saturated rings. The normalized spacial score (nSPS) is 15.6. The van der Waals surface area contributed by atoms with Gasteiger partial charge in [-0.25, -0.2) is 9.48 Å². The number of hydrogen-bond acceptors (Lipinski definition) is 3. The van der Waals surface area contributed by atoms with E-state index in [4.69, 9.17) is 0 Å². The number of nitrogens with zero attached hydrogens (tertiary/aromatic N) is 2. The molecular weight excluding hydrogens is 318 g/mol. The molecule has 3 N–H and O–H groups in total. The van der Waals surface area contributed by atoms with Gasteiger partial charge in [0.2, 0.25) is 5.91 Å². The van der Waals surface area contributed by atoms with Gasteiger partial charge in [-0.05, 0) is 31.9 Å². The average Bonchev–Trinajstić information content (AvgIpc) is 3.26. The Morgan fingerprint density at radius 1 is 1.12 bits per heavy atom. The maximum absolute atomic E-state index is 12.4. The van der Waals surface area contributed by atoms with E-state index < -0.39 is 12.1 Å². The number of rotatable bonds is 5. The average molecular weight is 341 g/mol. The molecule has 0 bridgehead atoms. The molecule has 3 amide bonds. The summed E-state index contributed by atoms with van der Waals surface area (Å²) in [7, 11) is 0. The van der Waals surface area contributed by atoms with Crippen LogP contribution in [0.2, 0.25) is 0 Å². The van der Waals surface area contributed by atoms with Crippen LogP contribution in [0.5, 0.6) is 0 Å². The molecule has 0 aliphatic heterocycles. The lowest BCUT2D eigenvalue weighted by atomic mass is 10.2. The summed E-state index contributed by atoms with van der Waals surface area (Å²) in [6.07, 6.45) is 6.23. The standard InChI is InChI=1S/C18H23N5O2/c1-13(20-18(25)21-14-7-3-2-4-8-14)17(24)22-16-11-12-19-23(16)15-9-5-6-10-15/h2-4,7-8,11-13,15H,5-6,9-10H2,1H3,(H,22,24)(H2,20,21,25). The Hall–Kier alpha value is -2.83. The molecule has 1 heterocycles. The number of para-hydroxylation sites is 1. The maximum atomic E-state index is 12.4. The zero-order valence-electron chi connectivity index (χ0n) is 14.2. The van der Waals surface area contributed by atoms with Crippen LogP contribution in [0.4, 0.5) is 16.3 Å². The van der Waals surface area contributed by atoms with Gasteiger partial charge in [0.25, 0.3) is 0 Å². The molecule has 0 spiro atoms. The molecule has 0 radical (unpaired) electrons. The van der Waals surface area contributed by atoms with Gasteiger partial charge in [-0.3, -0.25) is 4.79 Å². The van der Waals surface area contributed by atoms with Crippen molar-refractivity contribution >= 4 is 23.4 Å². The lowest BCUT2D eigenvalue weighted by Crippen LogP contribution is -2.43. The van der Waals surface area contributed by atoms with Crippen LogP contribution in [0.3, 0.4) is 0 Å². The Labute approximate surface area is 146 Å². The van der Waals surface area contributed by atoms with Crippen LogP contribution < -0.4 is 16.0 Å². The largest absolute Gasteiger partial charge is 0.326 e. The van der Waals surface area contributed by atoms with Crippen molar-refractivity contribution in [1.29, 1.82) is 0 Å². The summed E-state index contributed by atoms with van der Waals surface area (Å²) in [6.45, 7) is 1.65. The SMILES string of the molecule is CC(NC(=O)Nc1ccccc1)C(=O)Nc1ccnn1C1CCCC1. The summed E-state index contributed by atoms with van der Waals surface area (Å²) in [5.41, 5.74) is 0.673. The Kier molecular flexibility index (Phi) is 5.33. The van der Waals surface area contributed by atoms with E-state index in [1.165, 1.54) is 12.8 Å². The fourth-order valence-electron chi connectivity index (χ4n) is 3.04. The van der Waals surface area contributed by atoms with Crippen molar-refractivity contribution in [2.75, 3.05) is 10.6 Å². The highest BCUT2D eigenvalue weighted by Crippen LogP contribution is 2.31. The van der Waals surface area contributed by atoms with Gasteiger partial charge < -0.3 is 16.0 Å². The predicted molar refractivity (Wildman–Crippen MR) is 96.4 cm³/mol. The molecule has 1 unspecified atom stereocenters. The minimum Gasteiger partial charge on any atom is -0.326 e. The molecule has 1 saturated carbocycles. The number of aromatic nitrogens is 2. The van der Waals surface area contributed by atoms with Crippen LogP contribution in [-0.4, -0.2) is 27.8 Å². The summed E-state index contributed by atoms with van der Waals surface area (Å²) in [5.74, 6) is 0.400. The van der Waals surface area contributed by atoms with Gasteiger partial charge in [0, 0.05) is 11.8 Å². The van der Waals surface area contributed by atoms with Crippen molar-refractivity contribution < 1.29 is 9.59 Å². The quantitative estimate of drug-likeness (QED) is 0.780. The zero-order chi connectivity index (χ0) is 17.6. The van der Waals surface area contributed by atoms with E-state index in [2.05, 4.69) is 21.0 Å². The van der Waals surface area contributed by atoms with Crippen LogP contribution in [0.15, 0.2) is 42.6 Å². The number of amides is 3. The van der Waals surface area contributed by atoms with Gasteiger partial charge in [-0.2, -0.15) is 5.10 Å². The van der Waals surface area contributed by atoms with Crippen LogP contribution in [-0.2, 0) is 4.79 Å². The van der Waals surface area contributed by atoms with Gasteiger partial charge >= 0.3 is 6.03 Å². The van der Waals surface area contributed by atoms with Crippen LogP contribution in [0.1, 0.15) is 38.6 Å². The highest BCUT2D eigenvalue weighted by atomic mass is 16.2. The van der Waals surface area contributed by atoms with Crippen molar-refractivity contribution in [3.8, 4) is 0 Å². The van der Waals surface area contributed by atoms with Crippen molar-refractivity contribution in [3.05, 3.63) is 42.6 Å². The molecule has 132 valence electrons. The smallest absolute Gasteiger partial charge is 0.319 e. The first-order chi connectivity index (χ1) is 12.1. The molecule has 3 rings (SSSR count). The summed E-state index contributed by atoms with van der Waals surface area (Å²) in [4.78, 5) is 24.4. The summed E-state index contributed by atoms with van der Waals surface area (Å²) in [6, 6.07) is 10.1. The molecule has 7 nitrogen and oxygen atoms in total. The number of hydrogen-bond donors (Lipinski definition) is 3. The van der Waals surface area contributed by atoms with Crippen LogP contribution in [0.25, 0.3) is 0 Å². The monoisotopic (exact) mass is 341 g/mol. The number of benzene rings is 1. The van der Waals surface area contributed by atoms with Crippen molar-refractivity contribution in [1.82, 2.24) is 15.1 Å². The molecule has 25 heavy (non-hydrogen) atoms. The number of nitrogens with one attached hydrogen (secondary N) is 3. The third-order valence-electron chi connectivity index (χ3n) is 4.36. The van der Waals surface area contributed by atoms with Crippen molar-refractivity contribution in [2.45, 2.75) is 44.7 Å². The number of carbonyl (C=O) groups excluding carboxylic acids is 2. The summed E-state index contributed by atoms with van der Waals surface area (Å²) >= 11 is 0. The fraction of sp³-hybridized carbons (Fsp3) is 0.389. The zero-order valence-corrected chi connectivity index (χ0v) is 14.2. The van der Waals surface area contributed by atoms with E-state index in [0.717, 1.165) is 12.8 Å². The molecular formula is C18H23N5O2. The number of carbonyl (C=O) groups is 2. The Morgan fingerprint density at radius 2 is 1.84 bits per heavy atom. The molecule has 1 aromatic carbocycles. The number of urea groups is 1. The highest BCUT2D eigenvalue weighted by molar-refractivity contribution is 5.98. The van der Waals surface area contributed by atoms with E-state index >= 15 is 0 Å². The lowest BCUT2D eigenvalue weighted by Gasteiger charge is -2.17. The highest BCUT2D eigenvalue weighted by Gasteiger charge is 2.22. The second-order valence-electron chi connectivity index (χ2n) is 6.27. The van der Waals surface area contributed by atoms with Gasteiger partial charge in [-0.1, -0.05) is 31.0 Å². The Morgan fingerprint density at radius 3 is 2.56 bits per heavy atom. The topological polar surface area (TPSA) is 88.1 Å². The van der Waals surface area contributed by atoms with Gasteiger partial charge in [0.05, 0.1) is 12.2 Å². The second kappa shape index (κ2) is 7.83. The Balaban J connectivity index is 1.54. The van der Waals surface area contributed by atoms with Gasteiger partial charge in [0.15, 0.2) is 0 Å². The van der Waals surface area contributed by atoms with Crippen LogP contribution in [0, 0.1) is 0 Å². The molecule has 2 aromatic rings. The molecule has 1 atom stereocenters. The first-order valence-corrected chi connectivity index (χ1v) is 8.60. The predicted octanol–water partition coefficient (Wildman–Crippen LogP) is 3.15. The van der Waals surface area contributed by atoms with Gasteiger partial charge in [0.1, 0.15) is 11.9 Å². The Bertz CT molecular complexity index is 722. The second-order valence-corrected chi connectivity index (χ2v) is 6.27. The molecule has 1 aromatic heterocycles. The van der Waals surface area contributed by atoms with Crippen molar-refractivity contribution in [2.24, 2.45) is 0 Å². The third-order valence-corrected chi connectivity index (χ3v) is 4.36. The third kappa shape index (κ3) is 4.37. The molecule has 1 aliphatic carbocycles. The van der Waals surface area contributed by atoms with Crippen molar-refractivity contribution in [3.63, 3.8) is 0 Å². The van der Waals surface area contributed by atoms with E-state index in [1.807, 2.05) is 22.9 Å². The summed E-state index contributed by atoms with van der Waals surface area (Å²) < 4.78 is 1.88. The molecule has 1 aliphatic rings. The first kappa shape index (κ1) is 17.0. The minimum absolute atomic E-state index is 0.275. The molecule has 0 saturated heterocycles. The van der Waals surface area contributed by atoms with E-state index in [1.54, 1.807) is 31.3 Å². The maximum Gasteiger partial charge on any atom is 0.319 e. The summed E-state index contributed by atoms with van der Waals surface area (Å²) in [5, 5.41) is 12.5. The molecule has 7 heteroatoms. The van der Waals surface area contributed by atoms with Crippen LogP contribution >= 0.6 is 0 Å². The fourth-order valence-corrected chi connectivity index (χ4v) is 3.04. The van der Waals surface area contributed by atoms with E-state index in [9.17, 15) is 9.59 Å². The number of anilines is 2.